The standard InChI is InChI=1S/C16H19N5O3/c17-15(23)16(6-8-24-9-7-16)11-18-14(22)13-10-19-21(20-13)12-4-2-1-3-5-12/h1-5,10H,6-9,11H2,(H2,17,23)(H,18,22). The van der Waals surface area contributed by atoms with Crippen LogP contribution in [0, 0.1) is 5.41 Å². The maximum atomic E-state index is 12.3. The summed E-state index contributed by atoms with van der Waals surface area (Å²) in [5.41, 5.74) is 5.71. The van der Waals surface area contributed by atoms with Crippen LogP contribution in [0.5, 0.6) is 0 Å². The van der Waals surface area contributed by atoms with Gasteiger partial charge in [-0.1, -0.05) is 18.2 Å². The van der Waals surface area contributed by atoms with Crippen molar-refractivity contribution in [1.29, 1.82) is 0 Å². The van der Waals surface area contributed by atoms with Crippen LogP contribution in [0.4, 0.5) is 0 Å². The second-order valence-electron chi connectivity index (χ2n) is 5.79. The van der Waals surface area contributed by atoms with Gasteiger partial charge in [0.2, 0.25) is 5.91 Å². The van der Waals surface area contributed by atoms with Crippen LogP contribution in [0.2, 0.25) is 0 Å². The summed E-state index contributed by atoms with van der Waals surface area (Å²) >= 11 is 0. The Labute approximate surface area is 139 Å². The summed E-state index contributed by atoms with van der Waals surface area (Å²) in [6, 6.07) is 9.29. The van der Waals surface area contributed by atoms with Gasteiger partial charge in [0.15, 0.2) is 5.69 Å². The van der Waals surface area contributed by atoms with E-state index in [4.69, 9.17) is 10.5 Å². The first kappa shape index (κ1) is 16.1. The molecule has 0 radical (unpaired) electrons. The van der Waals surface area contributed by atoms with Crippen molar-refractivity contribution in [3.8, 4) is 5.69 Å². The molecule has 2 heterocycles. The van der Waals surface area contributed by atoms with Crippen molar-refractivity contribution < 1.29 is 14.3 Å². The van der Waals surface area contributed by atoms with Crippen LogP contribution in [0.25, 0.3) is 5.69 Å². The number of nitrogens with zero attached hydrogens (tertiary/aromatic N) is 3. The lowest BCUT2D eigenvalue weighted by atomic mass is 9.79. The summed E-state index contributed by atoms with van der Waals surface area (Å²) in [4.78, 5) is 25.5. The fourth-order valence-electron chi connectivity index (χ4n) is 2.67. The second-order valence-corrected chi connectivity index (χ2v) is 5.79. The third-order valence-corrected chi connectivity index (χ3v) is 4.27. The lowest BCUT2D eigenvalue weighted by Crippen LogP contribution is -2.49. The lowest BCUT2D eigenvalue weighted by Gasteiger charge is -2.34. The molecule has 2 aromatic rings. The van der Waals surface area contributed by atoms with Gasteiger partial charge in [0.05, 0.1) is 17.3 Å². The van der Waals surface area contributed by atoms with E-state index in [0.29, 0.717) is 26.1 Å². The van der Waals surface area contributed by atoms with Crippen LogP contribution < -0.4 is 11.1 Å². The Balaban J connectivity index is 1.67. The quantitative estimate of drug-likeness (QED) is 0.818. The van der Waals surface area contributed by atoms with Crippen molar-refractivity contribution in [1.82, 2.24) is 20.3 Å². The van der Waals surface area contributed by atoms with Crippen molar-refractivity contribution in [3.63, 3.8) is 0 Å². The Hall–Kier alpha value is -2.74. The van der Waals surface area contributed by atoms with E-state index < -0.39 is 11.3 Å². The molecule has 0 spiro atoms. The number of benzene rings is 1. The molecule has 8 heteroatoms. The number of nitrogens with one attached hydrogen (secondary N) is 1. The summed E-state index contributed by atoms with van der Waals surface area (Å²) in [5.74, 6) is -0.802. The highest BCUT2D eigenvalue weighted by atomic mass is 16.5. The molecule has 0 saturated carbocycles. The van der Waals surface area contributed by atoms with Crippen LogP contribution in [0.1, 0.15) is 23.3 Å². The predicted molar refractivity (Wildman–Crippen MR) is 85.4 cm³/mol. The third kappa shape index (κ3) is 3.28. The van der Waals surface area contributed by atoms with Crippen molar-refractivity contribution in [3.05, 3.63) is 42.2 Å². The summed E-state index contributed by atoms with van der Waals surface area (Å²) in [5, 5.41) is 11.0. The molecule has 3 N–H and O–H groups in total. The molecule has 1 aliphatic rings. The number of primary amides is 1. The average molecular weight is 329 g/mol. The van der Waals surface area contributed by atoms with Crippen LogP contribution in [0.15, 0.2) is 36.5 Å². The number of rotatable bonds is 5. The zero-order valence-corrected chi connectivity index (χ0v) is 13.1. The number of para-hydroxylation sites is 1. The van der Waals surface area contributed by atoms with E-state index in [9.17, 15) is 9.59 Å². The predicted octanol–water partition coefficient (Wildman–Crippen LogP) is 0.279. The highest BCUT2D eigenvalue weighted by Crippen LogP contribution is 2.29. The van der Waals surface area contributed by atoms with Crippen LogP contribution in [0.3, 0.4) is 0 Å². The number of ether oxygens (including phenoxy) is 1. The zero-order valence-electron chi connectivity index (χ0n) is 13.1. The van der Waals surface area contributed by atoms with Gasteiger partial charge >= 0.3 is 0 Å². The van der Waals surface area contributed by atoms with Gasteiger partial charge in [-0.3, -0.25) is 9.59 Å². The first-order valence-electron chi connectivity index (χ1n) is 7.74. The van der Waals surface area contributed by atoms with Gasteiger partial charge in [-0.2, -0.15) is 9.90 Å². The fraction of sp³-hybridized carbons (Fsp3) is 0.375. The normalized spacial score (nSPS) is 16.5. The van der Waals surface area contributed by atoms with E-state index in [1.165, 1.54) is 11.0 Å². The molecule has 0 atom stereocenters. The van der Waals surface area contributed by atoms with Crippen molar-refractivity contribution in [2.45, 2.75) is 12.8 Å². The summed E-state index contributed by atoms with van der Waals surface area (Å²) < 4.78 is 5.27. The molecule has 0 unspecified atom stereocenters. The number of carbonyl (C=O) groups is 2. The molecule has 3 rings (SSSR count). The molecule has 1 aromatic carbocycles. The maximum absolute atomic E-state index is 12.3. The smallest absolute Gasteiger partial charge is 0.273 e. The number of hydrogen-bond acceptors (Lipinski definition) is 5. The van der Waals surface area contributed by atoms with Crippen molar-refractivity contribution in [2.75, 3.05) is 19.8 Å². The van der Waals surface area contributed by atoms with Crippen molar-refractivity contribution >= 4 is 11.8 Å². The Kier molecular flexibility index (Phi) is 4.57. The molecule has 0 aliphatic carbocycles. The number of nitrogens with two attached hydrogens (primary N) is 1. The molecule has 0 bridgehead atoms. The number of amides is 2. The molecule has 1 fully saturated rings. The van der Waals surface area contributed by atoms with E-state index in [0.717, 1.165) is 5.69 Å². The van der Waals surface area contributed by atoms with Gasteiger partial charge in [-0.25, -0.2) is 0 Å². The Morgan fingerprint density at radius 2 is 1.96 bits per heavy atom. The second kappa shape index (κ2) is 6.79. The summed E-state index contributed by atoms with van der Waals surface area (Å²) in [6.45, 7) is 1.09. The largest absolute Gasteiger partial charge is 0.381 e. The summed E-state index contributed by atoms with van der Waals surface area (Å²) in [7, 11) is 0. The minimum atomic E-state index is -0.761. The van der Waals surface area contributed by atoms with Gasteiger partial charge in [-0.05, 0) is 25.0 Å². The van der Waals surface area contributed by atoms with Crippen LogP contribution >= 0.6 is 0 Å². The van der Waals surface area contributed by atoms with Gasteiger partial charge < -0.3 is 15.8 Å². The Bertz CT molecular complexity index is 722. The lowest BCUT2D eigenvalue weighted by molar-refractivity contribution is -0.132. The van der Waals surface area contributed by atoms with E-state index in [1.807, 2.05) is 30.3 Å². The van der Waals surface area contributed by atoms with E-state index in [2.05, 4.69) is 15.5 Å². The SMILES string of the molecule is NC(=O)C1(CNC(=O)c2cnn(-c3ccccc3)n2)CCOCC1. The summed E-state index contributed by atoms with van der Waals surface area (Å²) in [6.07, 6.45) is 2.39. The fourth-order valence-corrected chi connectivity index (χ4v) is 2.67. The molecule has 1 aromatic heterocycles. The monoisotopic (exact) mass is 329 g/mol. The Morgan fingerprint density at radius 3 is 2.62 bits per heavy atom. The molecule has 1 aliphatic heterocycles. The third-order valence-electron chi connectivity index (χ3n) is 4.27. The molecule has 1 saturated heterocycles. The Morgan fingerprint density at radius 1 is 1.25 bits per heavy atom. The van der Waals surface area contributed by atoms with E-state index in [1.54, 1.807) is 0 Å². The highest BCUT2D eigenvalue weighted by Gasteiger charge is 2.38. The number of hydrogen-bond donors (Lipinski definition) is 2. The minimum Gasteiger partial charge on any atom is -0.381 e. The van der Waals surface area contributed by atoms with Gasteiger partial charge in [-0.15, -0.1) is 5.10 Å². The molecular formula is C16H19N5O3. The molecule has 8 nitrogen and oxygen atoms in total. The maximum Gasteiger partial charge on any atom is 0.273 e. The minimum absolute atomic E-state index is 0.169. The van der Waals surface area contributed by atoms with Crippen LogP contribution in [-0.4, -0.2) is 46.6 Å². The van der Waals surface area contributed by atoms with E-state index in [-0.39, 0.29) is 18.1 Å². The topological polar surface area (TPSA) is 112 Å². The molecule has 2 amide bonds. The molecular weight excluding hydrogens is 310 g/mol. The highest BCUT2D eigenvalue weighted by molar-refractivity contribution is 5.92. The number of aromatic nitrogens is 3. The number of carbonyl (C=O) groups excluding carboxylic acids is 2. The van der Waals surface area contributed by atoms with E-state index >= 15 is 0 Å². The first-order chi connectivity index (χ1) is 11.6. The average Bonchev–Trinajstić information content (AvgIpc) is 3.11. The molecule has 24 heavy (non-hydrogen) atoms. The van der Waals surface area contributed by atoms with Crippen molar-refractivity contribution in [2.24, 2.45) is 11.1 Å². The molecule has 126 valence electrons. The van der Waals surface area contributed by atoms with Crippen LogP contribution in [-0.2, 0) is 9.53 Å². The zero-order chi connectivity index (χ0) is 17.0. The first-order valence-corrected chi connectivity index (χ1v) is 7.74. The van der Waals surface area contributed by atoms with Gasteiger partial charge in [0, 0.05) is 19.8 Å². The van der Waals surface area contributed by atoms with Gasteiger partial charge in [0.25, 0.3) is 5.91 Å². The van der Waals surface area contributed by atoms with Gasteiger partial charge in [0.1, 0.15) is 0 Å².